The van der Waals surface area contributed by atoms with Crippen molar-refractivity contribution in [3.8, 4) is 11.5 Å². The van der Waals surface area contributed by atoms with Crippen LogP contribution in [0.25, 0.3) is 0 Å². The van der Waals surface area contributed by atoms with Crippen LogP contribution in [-0.2, 0) is 0 Å². The van der Waals surface area contributed by atoms with E-state index in [-0.39, 0.29) is 0 Å². The molecule has 0 saturated heterocycles. The second-order valence-corrected chi connectivity index (χ2v) is 4.58. The summed E-state index contributed by atoms with van der Waals surface area (Å²) >= 11 is 3.38. The highest BCUT2D eigenvalue weighted by Crippen LogP contribution is 2.30. The molecule has 0 amide bonds. The summed E-state index contributed by atoms with van der Waals surface area (Å²) in [5, 5.41) is 0. The maximum Gasteiger partial charge on any atom is 0.150 e. The van der Waals surface area contributed by atoms with Gasteiger partial charge < -0.3 is 4.74 Å². The van der Waals surface area contributed by atoms with Gasteiger partial charge in [-0.15, -0.1) is 0 Å². The van der Waals surface area contributed by atoms with Gasteiger partial charge in [0.2, 0.25) is 0 Å². The lowest BCUT2D eigenvalue weighted by atomic mass is 10.2. The van der Waals surface area contributed by atoms with Crippen LogP contribution in [-0.4, -0.2) is 6.29 Å². The highest BCUT2D eigenvalue weighted by molar-refractivity contribution is 9.10. The fourth-order valence-electron chi connectivity index (χ4n) is 1.48. The first-order chi connectivity index (χ1) is 8.19. The Hall–Kier alpha value is -1.61. The summed E-state index contributed by atoms with van der Waals surface area (Å²) in [4.78, 5) is 10.6. The summed E-state index contributed by atoms with van der Waals surface area (Å²) in [5.74, 6) is 1.48. The van der Waals surface area contributed by atoms with Gasteiger partial charge in [0.15, 0.2) is 0 Å². The van der Waals surface area contributed by atoms with Crippen molar-refractivity contribution >= 4 is 22.2 Å². The van der Waals surface area contributed by atoms with Gasteiger partial charge in [-0.1, -0.05) is 12.1 Å². The van der Waals surface area contributed by atoms with Crippen LogP contribution in [0.1, 0.15) is 15.9 Å². The van der Waals surface area contributed by atoms with Crippen molar-refractivity contribution in [3.63, 3.8) is 0 Å². The van der Waals surface area contributed by atoms with Crippen molar-refractivity contribution < 1.29 is 9.53 Å². The number of rotatable bonds is 3. The number of aldehydes is 1. The van der Waals surface area contributed by atoms with Crippen molar-refractivity contribution in [1.29, 1.82) is 0 Å². The zero-order chi connectivity index (χ0) is 12.3. The Kier molecular flexibility index (Phi) is 3.59. The SMILES string of the molecule is Cc1cccc(Oc2ccc(C=O)cc2Br)c1. The Labute approximate surface area is 108 Å². The molecular weight excluding hydrogens is 280 g/mol. The molecule has 0 aromatic heterocycles. The first kappa shape index (κ1) is 11.9. The van der Waals surface area contributed by atoms with Crippen LogP contribution in [0.4, 0.5) is 0 Å². The zero-order valence-corrected chi connectivity index (χ0v) is 10.9. The monoisotopic (exact) mass is 290 g/mol. The van der Waals surface area contributed by atoms with E-state index >= 15 is 0 Å². The predicted molar refractivity (Wildman–Crippen MR) is 70.8 cm³/mol. The van der Waals surface area contributed by atoms with E-state index in [9.17, 15) is 4.79 Å². The minimum Gasteiger partial charge on any atom is -0.456 e. The van der Waals surface area contributed by atoms with Crippen molar-refractivity contribution in [2.45, 2.75) is 6.92 Å². The van der Waals surface area contributed by atoms with Crippen molar-refractivity contribution in [1.82, 2.24) is 0 Å². The number of halogens is 1. The highest BCUT2D eigenvalue weighted by atomic mass is 79.9. The van der Waals surface area contributed by atoms with E-state index in [0.717, 1.165) is 22.1 Å². The fraction of sp³-hybridized carbons (Fsp3) is 0.0714. The highest BCUT2D eigenvalue weighted by Gasteiger charge is 2.03. The Morgan fingerprint density at radius 1 is 1.18 bits per heavy atom. The third-order valence-corrected chi connectivity index (χ3v) is 2.93. The molecule has 0 atom stereocenters. The molecule has 0 aliphatic rings. The van der Waals surface area contributed by atoms with Crippen LogP contribution in [0, 0.1) is 6.92 Å². The molecule has 0 bridgehead atoms. The van der Waals surface area contributed by atoms with E-state index < -0.39 is 0 Å². The fourth-order valence-corrected chi connectivity index (χ4v) is 1.96. The van der Waals surface area contributed by atoms with Gasteiger partial charge in [-0.3, -0.25) is 4.79 Å². The number of aryl methyl sites for hydroxylation is 1. The molecule has 2 aromatic carbocycles. The molecule has 0 heterocycles. The topological polar surface area (TPSA) is 26.3 Å². The van der Waals surface area contributed by atoms with Crippen LogP contribution >= 0.6 is 15.9 Å². The molecule has 3 heteroatoms. The summed E-state index contributed by atoms with van der Waals surface area (Å²) in [6.45, 7) is 2.01. The first-order valence-electron chi connectivity index (χ1n) is 5.18. The first-order valence-corrected chi connectivity index (χ1v) is 5.97. The molecule has 0 saturated carbocycles. The Morgan fingerprint density at radius 3 is 2.65 bits per heavy atom. The second kappa shape index (κ2) is 5.15. The van der Waals surface area contributed by atoms with Crippen molar-refractivity contribution in [3.05, 3.63) is 58.1 Å². The number of carbonyl (C=O) groups is 1. The van der Waals surface area contributed by atoms with Crippen LogP contribution in [0.3, 0.4) is 0 Å². The molecule has 2 aromatic rings. The van der Waals surface area contributed by atoms with Gasteiger partial charge in [-0.25, -0.2) is 0 Å². The van der Waals surface area contributed by atoms with E-state index in [1.165, 1.54) is 0 Å². The molecule has 86 valence electrons. The predicted octanol–water partition coefficient (Wildman–Crippen LogP) is 4.36. The molecule has 0 N–H and O–H groups in total. The van der Waals surface area contributed by atoms with Crippen molar-refractivity contribution in [2.24, 2.45) is 0 Å². The normalized spacial score (nSPS) is 10.0. The summed E-state index contributed by atoms with van der Waals surface area (Å²) in [5.41, 5.74) is 1.76. The van der Waals surface area contributed by atoms with E-state index in [2.05, 4.69) is 15.9 Å². The Morgan fingerprint density at radius 2 is 2.00 bits per heavy atom. The van der Waals surface area contributed by atoms with Crippen molar-refractivity contribution in [2.75, 3.05) is 0 Å². The standard InChI is InChI=1S/C14H11BrO2/c1-10-3-2-4-12(7-10)17-14-6-5-11(9-16)8-13(14)15/h2-9H,1H3. The van der Waals surface area contributed by atoms with E-state index in [0.29, 0.717) is 11.3 Å². The van der Waals surface area contributed by atoms with Gasteiger partial charge in [-0.05, 0) is 58.7 Å². The number of carbonyl (C=O) groups excluding carboxylic acids is 1. The third kappa shape index (κ3) is 2.94. The molecule has 17 heavy (non-hydrogen) atoms. The maximum atomic E-state index is 10.6. The molecule has 2 nitrogen and oxygen atoms in total. The quantitative estimate of drug-likeness (QED) is 0.785. The zero-order valence-electron chi connectivity index (χ0n) is 9.31. The average molecular weight is 291 g/mol. The minimum atomic E-state index is 0.619. The summed E-state index contributed by atoms with van der Waals surface area (Å²) < 4.78 is 6.49. The van der Waals surface area contributed by atoms with Gasteiger partial charge in [0.25, 0.3) is 0 Å². The van der Waals surface area contributed by atoms with Gasteiger partial charge in [0.05, 0.1) is 4.47 Å². The molecule has 0 aliphatic heterocycles. The average Bonchev–Trinajstić information content (AvgIpc) is 2.32. The molecule has 0 fully saturated rings. The lowest BCUT2D eigenvalue weighted by Gasteiger charge is -2.08. The molecule has 0 spiro atoms. The Balaban J connectivity index is 2.27. The Bertz CT molecular complexity index is 550. The lowest BCUT2D eigenvalue weighted by Crippen LogP contribution is -1.87. The number of hydrogen-bond donors (Lipinski definition) is 0. The minimum absolute atomic E-state index is 0.619. The second-order valence-electron chi connectivity index (χ2n) is 3.73. The van der Waals surface area contributed by atoms with Gasteiger partial charge in [0, 0.05) is 5.56 Å². The lowest BCUT2D eigenvalue weighted by molar-refractivity contribution is 0.112. The molecule has 0 aliphatic carbocycles. The summed E-state index contributed by atoms with van der Waals surface area (Å²) in [6.07, 6.45) is 0.807. The molecule has 2 rings (SSSR count). The third-order valence-electron chi connectivity index (χ3n) is 2.31. The molecule has 0 unspecified atom stereocenters. The van der Waals surface area contributed by atoms with E-state index in [1.54, 1.807) is 18.2 Å². The number of benzene rings is 2. The van der Waals surface area contributed by atoms with Gasteiger partial charge >= 0.3 is 0 Å². The summed E-state index contributed by atoms with van der Waals surface area (Å²) in [7, 11) is 0. The van der Waals surface area contributed by atoms with Gasteiger partial charge in [-0.2, -0.15) is 0 Å². The summed E-state index contributed by atoms with van der Waals surface area (Å²) in [6, 6.07) is 13.0. The van der Waals surface area contributed by atoms with Crippen LogP contribution in [0.15, 0.2) is 46.9 Å². The number of hydrogen-bond acceptors (Lipinski definition) is 2. The van der Waals surface area contributed by atoms with E-state index in [1.807, 2.05) is 31.2 Å². The van der Waals surface area contributed by atoms with Crippen LogP contribution in [0.5, 0.6) is 11.5 Å². The maximum absolute atomic E-state index is 10.6. The van der Waals surface area contributed by atoms with Crippen LogP contribution < -0.4 is 4.74 Å². The van der Waals surface area contributed by atoms with Gasteiger partial charge in [0.1, 0.15) is 17.8 Å². The number of ether oxygens (including phenoxy) is 1. The van der Waals surface area contributed by atoms with Crippen LogP contribution in [0.2, 0.25) is 0 Å². The molecule has 0 radical (unpaired) electrons. The molecular formula is C14H11BrO2. The largest absolute Gasteiger partial charge is 0.456 e. The smallest absolute Gasteiger partial charge is 0.150 e. The van der Waals surface area contributed by atoms with E-state index in [4.69, 9.17) is 4.74 Å².